The van der Waals surface area contributed by atoms with E-state index in [1.54, 1.807) is 6.92 Å². The Labute approximate surface area is 92.2 Å². The molecule has 0 saturated carbocycles. The van der Waals surface area contributed by atoms with Crippen LogP contribution in [0.25, 0.3) is 0 Å². The minimum Gasteiger partial charge on any atom is -0.284 e. The zero-order valence-corrected chi connectivity index (χ0v) is 9.10. The fraction of sp³-hybridized carbons (Fsp3) is 0.600. The van der Waals surface area contributed by atoms with Crippen LogP contribution in [0, 0.1) is 5.92 Å². The largest absolute Gasteiger partial charge is 0.284 e. The van der Waals surface area contributed by atoms with E-state index >= 15 is 0 Å². The first kappa shape index (κ1) is 10.8. The Bertz CT molecular complexity index is 404. The highest BCUT2D eigenvalue weighted by molar-refractivity contribution is 6.12. The predicted molar refractivity (Wildman–Crippen MR) is 51.8 cm³/mol. The molecule has 0 aliphatic carbocycles. The molecule has 0 aromatic rings. The molecule has 2 unspecified atom stereocenters. The molecule has 4 amide bonds. The summed E-state index contributed by atoms with van der Waals surface area (Å²) in [6.45, 7) is 1.64. The maximum atomic E-state index is 11.7. The highest BCUT2D eigenvalue weighted by Gasteiger charge is 2.48. The summed E-state index contributed by atoms with van der Waals surface area (Å²) in [6.07, 6.45) is 0.0417. The second-order valence-corrected chi connectivity index (χ2v) is 4.22. The topological polar surface area (TPSA) is 74.8 Å². The summed E-state index contributed by atoms with van der Waals surface area (Å²) in [5.74, 6) is -1.93. The molecule has 2 rings (SSSR count). The van der Waals surface area contributed by atoms with Crippen LogP contribution >= 0.6 is 0 Å². The third-order valence-electron chi connectivity index (χ3n) is 3.08. The van der Waals surface area contributed by atoms with Crippen LogP contribution in [0.3, 0.4) is 0 Å². The number of rotatable bonds is 1. The predicted octanol–water partition coefficient (Wildman–Crippen LogP) is -0.861. The first-order valence-electron chi connectivity index (χ1n) is 5.09. The highest BCUT2D eigenvalue weighted by atomic mass is 16.2. The number of likely N-dealkylation sites (tertiary alicyclic amines) is 2. The Kier molecular flexibility index (Phi) is 2.29. The van der Waals surface area contributed by atoms with Crippen LogP contribution in [0.4, 0.5) is 0 Å². The van der Waals surface area contributed by atoms with Gasteiger partial charge in [0.25, 0.3) is 5.91 Å². The molecule has 6 heteroatoms. The van der Waals surface area contributed by atoms with Crippen molar-refractivity contribution in [2.45, 2.75) is 25.8 Å². The summed E-state index contributed by atoms with van der Waals surface area (Å²) in [7, 11) is 1.36. The number of carbonyl (C=O) groups excluding carboxylic acids is 4. The van der Waals surface area contributed by atoms with Gasteiger partial charge in [0, 0.05) is 19.4 Å². The van der Waals surface area contributed by atoms with E-state index in [9.17, 15) is 19.2 Å². The zero-order chi connectivity index (χ0) is 12.0. The van der Waals surface area contributed by atoms with Gasteiger partial charge >= 0.3 is 0 Å². The van der Waals surface area contributed by atoms with Crippen molar-refractivity contribution in [3.63, 3.8) is 0 Å². The van der Waals surface area contributed by atoms with E-state index in [1.165, 1.54) is 7.05 Å². The van der Waals surface area contributed by atoms with Crippen molar-refractivity contribution in [2.75, 3.05) is 7.05 Å². The second kappa shape index (κ2) is 3.40. The van der Waals surface area contributed by atoms with Crippen molar-refractivity contribution in [3.8, 4) is 0 Å². The lowest BCUT2D eigenvalue weighted by molar-refractivity contribution is -0.148. The molecule has 2 aliphatic rings. The van der Waals surface area contributed by atoms with Crippen molar-refractivity contribution in [1.29, 1.82) is 0 Å². The molecular formula is C10H12N2O4. The van der Waals surface area contributed by atoms with E-state index in [4.69, 9.17) is 0 Å². The number of hydrogen-bond acceptors (Lipinski definition) is 4. The van der Waals surface area contributed by atoms with Gasteiger partial charge < -0.3 is 0 Å². The van der Waals surface area contributed by atoms with Crippen molar-refractivity contribution >= 4 is 23.6 Å². The molecule has 0 radical (unpaired) electrons. The van der Waals surface area contributed by atoms with Crippen molar-refractivity contribution < 1.29 is 19.2 Å². The van der Waals surface area contributed by atoms with Gasteiger partial charge in [0.05, 0.1) is 6.42 Å². The Morgan fingerprint density at radius 1 is 1.00 bits per heavy atom. The van der Waals surface area contributed by atoms with E-state index in [0.29, 0.717) is 0 Å². The molecule has 2 heterocycles. The molecule has 0 aromatic heterocycles. The van der Waals surface area contributed by atoms with E-state index in [-0.39, 0.29) is 36.5 Å². The lowest BCUT2D eigenvalue weighted by Crippen LogP contribution is -2.44. The SMILES string of the molecule is CC1CC(=O)N(C2CC(=O)N(C)C2=O)C1=O. The molecule has 0 spiro atoms. The summed E-state index contributed by atoms with van der Waals surface area (Å²) >= 11 is 0. The third-order valence-corrected chi connectivity index (χ3v) is 3.08. The van der Waals surface area contributed by atoms with Gasteiger partial charge in [-0.05, 0) is 0 Å². The van der Waals surface area contributed by atoms with Gasteiger partial charge in [-0.3, -0.25) is 29.0 Å². The van der Waals surface area contributed by atoms with Crippen LogP contribution in [0.1, 0.15) is 19.8 Å². The van der Waals surface area contributed by atoms with Gasteiger partial charge in [0.15, 0.2) is 0 Å². The minimum absolute atomic E-state index is 0.0838. The fourth-order valence-electron chi connectivity index (χ4n) is 2.07. The second-order valence-electron chi connectivity index (χ2n) is 4.22. The number of amides is 4. The van der Waals surface area contributed by atoms with Crippen LogP contribution in [0.5, 0.6) is 0 Å². The lowest BCUT2D eigenvalue weighted by atomic mass is 10.1. The van der Waals surface area contributed by atoms with E-state index in [1.807, 2.05) is 0 Å². The zero-order valence-electron chi connectivity index (χ0n) is 9.10. The van der Waals surface area contributed by atoms with Crippen molar-refractivity contribution in [3.05, 3.63) is 0 Å². The Morgan fingerprint density at radius 2 is 1.62 bits per heavy atom. The molecule has 6 nitrogen and oxygen atoms in total. The van der Waals surface area contributed by atoms with E-state index in [2.05, 4.69) is 0 Å². The van der Waals surface area contributed by atoms with Gasteiger partial charge in [-0.2, -0.15) is 0 Å². The monoisotopic (exact) mass is 224 g/mol. The van der Waals surface area contributed by atoms with Crippen molar-refractivity contribution in [1.82, 2.24) is 9.80 Å². The average molecular weight is 224 g/mol. The van der Waals surface area contributed by atoms with Crippen molar-refractivity contribution in [2.24, 2.45) is 5.92 Å². The van der Waals surface area contributed by atoms with Gasteiger partial charge in [-0.15, -0.1) is 0 Å². The first-order valence-corrected chi connectivity index (χ1v) is 5.09. The summed E-state index contributed by atoms with van der Waals surface area (Å²) in [5.41, 5.74) is 0. The van der Waals surface area contributed by atoms with Gasteiger partial charge in [0.1, 0.15) is 6.04 Å². The summed E-state index contributed by atoms with van der Waals surface area (Å²) in [6, 6.07) is -0.914. The maximum Gasteiger partial charge on any atom is 0.252 e. The van der Waals surface area contributed by atoms with Crippen LogP contribution < -0.4 is 0 Å². The van der Waals surface area contributed by atoms with Gasteiger partial charge in [-0.25, -0.2) is 0 Å². The molecule has 0 bridgehead atoms. The summed E-state index contributed by atoms with van der Waals surface area (Å²) in [4.78, 5) is 48.1. The highest BCUT2D eigenvalue weighted by Crippen LogP contribution is 2.26. The van der Waals surface area contributed by atoms with Crippen LogP contribution in [-0.4, -0.2) is 46.5 Å². The smallest absolute Gasteiger partial charge is 0.252 e. The number of nitrogens with zero attached hydrogens (tertiary/aromatic N) is 2. The maximum absolute atomic E-state index is 11.7. The molecular weight excluding hydrogens is 212 g/mol. The first-order chi connectivity index (χ1) is 7.43. The third kappa shape index (κ3) is 1.33. The molecule has 2 fully saturated rings. The van der Waals surface area contributed by atoms with Crippen LogP contribution in [0.2, 0.25) is 0 Å². The summed E-state index contributed by atoms with van der Waals surface area (Å²) < 4.78 is 0. The molecule has 0 aromatic carbocycles. The molecule has 2 atom stereocenters. The molecule has 86 valence electrons. The Balaban J connectivity index is 2.27. The molecule has 16 heavy (non-hydrogen) atoms. The number of hydrogen-bond donors (Lipinski definition) is 0. The normalized spacial score (nSPS) is 30.9. The lowest BCUT2D eigenvalue weighted by Gasteiger charge is -2.19. The Hall–Kier alpha value is -1.72. The van der Waals surface area contributed by atoms with E-state index in [0.717, 1.165) is 9.80 Å². The number of carbonyl (C=O) groups is 4. The van der Waals surface area contributed by atoms with Gasteiger partial charge in [-0.1, -0.05) is 6.92 Å². The van der Waals surface area contributed by atoms with Gasteiger partial charge in [0.2, 0.25) is 17.7 Å². The fourth-order valence-corrected chi connectivity index (χ4v) is 2.07. The molecule has 2 aliphatic heterocycles. The minimum atomic E-state index is -0.914. The number of imide groups is 2. The molecule has 2 saturated heterocycles. The quantitative estimate of drug-likeness (QED) is 0.543. The molecule has 0 N–H and O–H groups in total. The number of likely N-dealkylation sites (N-methyl/N-ethyl adjacent to an activating group) is 1. The van der Waals surface area contributed by atoms with Crippen LogP contribution in [-0.2, 0) is 19.2 Å². The standard InChI is InChI=1S/C10H12N2O4/c1-5-3-8(14)12(9(5)15)6-4-7(13)11(2)10(6)16/h5-6H,3-4H2,1-2H3. The summed E-state index contributed by atoms with van der Waals surface area (Å²) in [5, 5.41) is 0. The van der Waals surface area contributed by atoms with E-state index < -0.39 is 11.9 Å². The van der Waals surface area contributed by atoms with Crippen LogP contribution in [0.15, 0.2) is 0 Å². The Morgan fingerprint density at radius 3 is 2.00 bits per heavy atom. The average Bonchev–Trinajstić information content (AvgIpc) is 2.60.